The number of methoxy groups -OCH3 is 1. The molecule has 1 atom stereocenters. The number of para-hydroxylation sites is 1. The van der Waals surface area contributed by atoms with Crippen molar-refractivity contribution in [1.82, 2.24) is 9.80 Å². The van der Waals surface area contributed by atoms with Crippen molar-refractivity contribution in [2.75, 3.05) is 40.5 Å². The maximum Gasteiger partial charge on any atom is 0.490 e. The number of alkyl halides is 3. The van der Waals surface area contributed by atoms with E-state index in [0.717, 1.165) is 25.5 Å². The summed E-state index contributed by atoms with van der Waals surface area (Å²) in [6.07, 6.45) is 0.0509. The summed E-state index contributed by atoms with van der Waals surface area (Å²) in [5, 5.41) is 7.12. The molecule has 1 aromatic rings. The standard InChI is InChI=1S/C20H32N2O2.C2HF3O2/c1-4-24-16-18-9-10-20(21(18)2)11-13-22(14-12-20)15-17-7-5-6-8-19(17)23-3;3-2(4,5)1(6)7/h5-8,18H,4,9-16H2,1-3H3;(H,6,7). The summed E-state index contributed by atoms with van der Waals surface area (Å²) in [7, 11) is 4.07. The normalized spacial score (nSPS) is 21.5. The van der Waals surface area contributed by atoms with Crippen LogP contribution in [0, 0.1) is 0 Å². The third kappa shape index (κ3) is 6.82. The Labute approximate surface area is 181 Å². The quantitative estimate of drug-likeness (QED) is 0.718. The minimum Gasteiger partial charge on any atom is -0.496 e. The van der Waals surface area contributed by atoms with E-state index in [4.69, 9.17) is 19.4 Å². The highest BCUT2D eigenvalue weighted by Crippen LogP contribution is 2.41. The summed E-state index contributed by atoms with van der Waals surface area (Å²) in [4.78, 5) is 14.1. The van der Waals surface area contributed by atoms with Crippen LogP contribution >= 0.6 is 0 Å². The Hall–Kier alpha value is -1.84. The van der Waals surface area contributed by atoms with E-state index in [-0.39, 0.29) is 0 Å². The van der Waals surface area contributed by atoms with Gasteiger partial charge in [-0.2, -0.15) is 13.2 Å². The molecule has 2 aliphatic rings. The van der Waals surface area contributed by atoms with Gasteiger partial charge in [0, 0.05) is 43.4 Å². The van der Waals surface area contributed by atoms with Gasteiger partial charge in [0.1, 0.15) is 5.75 Å². The third-order valence-corrected chi connectivity index (χ3v) is 6.37. The van der Waals surface area contributed by atoms with Crippen LogP contribution in [0.15, 0.2) is 24.3 Å². The number of ether oxygens (including phenoxy) is 2. The molecule has 2 heterocycles. The van der Waals surface area contributed by atoms with Crippen molar-refractivity contribution in [3.8, 4) is 5.75 Å². The topological polar surface area (TPSA) is 62.2 Å². The molecule has 3 rings (SSSR count). The Morgan fingerprint density at radius 2 is 1.84 bits per heavy atom. The Balaban J connectivity index is 0.000000423. The Bertz CT molecular complexity index is 706. The van der Waals surface area contributed by atoms with E-state index in [1.54, 1.807) is 7.11 Å². The molecule has 1 spiro atoms. The molecular weight excluding hydrogens is 413 g/mol. The molecule has 0 amide bonds. The number of hydrogen-bond acceptors (Lipinski definition) is 5. The Morgan fingerprint density at radius 1 is 1.23 bits per heavy atom. The largest absolute Gasteiger partial charge is 0.496 e. The van der Waals surface area contributed by atoms with Gasteiger partial charge in [0.25, 0.3) is 0 Å². The van der Waals surface area contributed by atoms with Crippen LogP contribution in [-0.4, -0.2) is 79.1 Å². The summed E-state index contributed by atoms with van der Waals surface area (Å²) in [6, 6.07) is 8.99. The lowest BCUT2D eigenvalue weighted by Crippen LogP contribution is -2.52. The predicted molar refractivity (Wildman–Crippen MR) is 111 cm³/mol. The third-order valence-electron chi connectivity index (χ3n) is 6.37. The van der Waals surface area contributed by atoms with Gasteiger partial charge >= 0.3 is 12.1 Å². The molecule has 0 radical (unpaired) electrons. The molecule has 1 N–H and O–H groups in total. The molecule has 0 aliphatic carbocycles. The van der Waals surface area contributed by atoms with E-state index < -0.39 is 12.1 Å². The first-order valence-corrected chi connectivity index (χ1v) is 10.6. The lowest BCUT2D eigenvalue weighted by Gasteiger charge is -2.45. The average Bonchev–Trinajstić information content (AvgIpc) is 3.03. The maximum atomic E-state index is 10.6. The van der Waals surface area contributed by atoms with Gasteiger partial charge in [0.2, 0.25) is 0 Å². The molecule has 2 fully saturated rings. The van der Waals surface area contributed by atoms with E-state index in [1.807, 2.05) is 6.07 Å². The number of hydrogen-bond donors (Lipinski definition) is 1. The van der Waals surface area contributed by atoms with Crippen LogP contribution in [0.1, 0.15) is 38.2 Å². The lowest BCUT2D eigenvalue weighted by atomic mass is 9.85. The number of carboxylic acids is 1. The van der Waals surface area contributed by atoms with E-state index in [0.29, 0.717) is 11.6 Å². The number of carboxylic acid groups (broad SMARTS) is 1. The van der Waals surface area contributed by atoms with Crippen molar-refractivity contribution in [3.63, 3.8) is 0 Å². The van der Waals surface area contributed by atoms with Gasteiger partial charge in [-0.05, 0) is 45.7 Å². The minimum atomic E-state index is -5.08. The van der Waals surface area contributed by atoms with Crippen LogP contribution in [0.2, 0.25) is 0 Å². The van der Waals surface area contributed by atoms with Gasteiger partial charge in [-0.3, -0.25) is 9.80 Å². The highest BCUT2D eigenvalue weighted by molar-refractivity contribution is 5.73. The summed E-state index contributed by atoms with van der Waals surface area (Å²) < 4.78 is 42.9. The first-order chi connectivity index (χ1) is 14.6. The van der Waals surface area contributed by atoms with Gasteiger partial charge in [0.05, 0.1) is 13.7 Å². The zero-order chi connectivity index (χ0) is 23.1. The second-order valence-corrected chi connectivity index (χ2v) is 8.08. The summed E-state index contributed by atoms with van der Waals surface area (Å²) in [5.74, 6) is -1.75. The molecule has 31 heavy (non-hydrogen) atoms. The molecule has 1 unspecified atom stereocenters. The summed E-state index contributed by atoms with van der Waals surface area (Å²) in [5.41, 5.74) is 1.70. The van der Waals surface area contributed by atoms with E-state index >= 15 is 0 Å². The first kappa shape index (κ1) is 25.4. The fraction of sp³-hybridized carbons (Fsp3) is 0.682. The van der Waals surface area contributed by atoms with E-state index in [1.165, 1.54) is 44.3 Å². The van der Waals surface area contributed by atoms with Crippen LogP contribution in [0.25, 0.3) is 0 Å². The highest BCUT2D eigenvalue weighted by atomic mass is 19.4. The van der Waals surface area contributed by atoms with E-state index in [2.05, 4.69) is 42.0 Å². The zero-order valence-electron chi connectivity index (χ0n) is 18.5. The van der Waals surface area contributed by atoms with Crippen molar-refractivity contribution in [3.05, 3.63) is 29.8 Å². The van der Waals surface area contributed by atoms with Crippen molar-refractivity contribution < 1.29 is 32.5 Å². The number of likely N-dealkylation sites (N-methyl/N-ethyl adjacent to an activating group) is 1. The van der Waals surface area contributed by atoms with Crippen LogP contribution in [0.4, 0.5) is 13.2 Å². The van der Waals surface area contributed by atoms with Crippen LogP contribution < -0.4 is 4.74 Å². The number of halogens is 3. The number of nitrogens with zero attached hydrogens (tertiary/aromatic N) is 2. The van der Waals surface area contributed by atoms with Crippen molar-refractivity contribution in [2.45, 2.75) is 56.9 Å². The number of carbonyl (C=O) groups is 1. The van der Waals surface area contributed by atoms with Crippen molar-refractivity contribution >= 4 is 5.97 Å². The first-order valence-electron chi connectivity index (χ1n) is 10.6. The van der Waals surface area contributed by atoms with Gasteiger partial charge in [-0.1, -0.05) is 18.2 Å². The van der Waals surface area contributed by atoms with Gasteiger partial charge in [0.15, 0.2) is 0 Å². The Kier molecular flexibility index (Phi) is 9.14. The van der Waals surface area contributed by atoms with Gasteiger partial charge in [-0.25, -0.2) is 4.79 Å². The number of piperidine rings is 1. The molecule has 0 bridgehead atoms. The number of benzene rings is 1. The number of likely N-dealkylation sites (tertiary alicyclic amines) is 2. The smallest absolute Gasteiger partial charge is 0.490 e. The average molecular weight is 447 g/mol. The van der Waals surface area contributed by atoms with E-state index in [9.17, 15) is 13.2 Å². The number of aliphatic carboxylic acids is 1. The molecule has 0 saturated carbocycles. The molecule has 2 aliphatic heterocycles. The second-order valence-electron chi connectivity index (χ2n) is 8.08. The SMILES string of the molecule is CCOCC1CCC2(CCN(Cc3ccccc3OC)CC2)N1C.O=C(O)C(F)(F)F. The van der Waals surface area contributed by atoms with Gasteiger partial charge in [-0.15, -0.1) is 0 Å². The highest BCUT2D eigenvalue weighted by Gasteiger charge is 2.45. The fourth-order valence-corrected chi connectivity index (χ4v) is 4.45. The van der Waals surface area contributed by atoms with Crippen LogP contribution in [-0.2, 0) is 16.1 Å². The van der Waals surface area contributed by atoms with Crippen molar-refractivity contribution in [1.29, 1.82) is 0 Å². The number of rotatable bonds is 6. The lowest BCUT2D eigenvalue weighted by molar-refractivity contribution is -0.192. The summed E-state index contributed by atoms with van der Waals surface area (Å²) in [6.45, 7) is 7.13. The monoisotopic (exact) mass is 446 g/mol. The predicted octanol–water partition coefficient (Wildman–Crippen LogP) is 3.79. The van der Waals surface area contributed by atoms with Crippen LogP contribution in [0.5, 0.6) is 5.75 Å². The summed E-state index contributed by atoms with van der Waals surface area (Å²) >= 11 is 0. The molecule has 6 nitrogen and oxygen atoms in total. The molecule has 1 aromatic carbocycles. The molecule has 0 aromatic heterocycles. The second kappa shape index (κ2) is 11.2. The Morgan fingerprint density at radius 3 is 2.39 bits per heavy atom. The molecular formula is C22H33F3N2O4. The molecule has 9 heteroatoms. The van der Waals surface area contributed by atoms with Crippen molar-refractivity contribution in [2.24, 2.45) is 0 Å². The van der Waals surface area contributed by atoms with Crippen LogP contribution in [0.3, 0.4) is 0 Å². The van der Waals surface area contributed by atoms with Gasteiger partial charge < -0.3 is 14.6 Å². The zero-order valence-corrected chi connectivity index (χ0v) is 18.5. The molecule has 2 saturated heterocycles. The molecule has 176 valence electrons. The minimum absolute atomic E-state index is 0.402. The maximum absolute atomic E-state index is 10.6. The fourth-order valence-electron chi connectivity index (χ4n) is 4.45.